The van der Waals surface area contributed by atoms with E-state index >= 15 is 0 Å². The highest BCUT2D eigenvalue weighted by Gasteiger charge is 2.42. The van der Waals surface area contributed by atoms with Gasteiger partial charge in [0.15, 0.2) is 5.78 Å². The molecule has 0 amide bonds. The molecule has 0 saturated heterocycles. The standard InChI is InChI=1S/C25H24N2O4/c1-14-22-23(18-13-17(29-2)9-10-21(18)30-3)24-19(26-25(22)31-27-14)11-16(12-20(24)28)15-7-5-4-6-8-15/h4-10,13,16,23,26H,11-12H2,1-3H3. The largest absolute Gasteiger partial charge is 0.497 e. The maximum Gasteiger partial charge on any atom is 0.233 e. The molecule has 0 spiro atoms. The van der Waals surface area contributed by atoms with Gasteiger partial charge in [-0.3, -0.25) is 4.79 Å². The average Bonchev–Trinajstić information content (AvgIpc) is 3.18. The normalized spacial score (nSPS) is 20.0. The number of aromatic nitrogens is 1. The molecular formula is C25H24N2O4. The predicted molar refractivity (Wildman–Crippen MR) is 117 cm³/mol. The highest BCUT2D eigenvalue weighted by atomic mass is 16.5. The number of nitrogens with zero attached hydrogens (tertiary/aromatic N) is 1. The average molecular weight is 416 g/mol. The lowest BCUT2D eigenvalue weighted by atomic mass is 9.72. The molecule has 0 fully saturated rings. The monoisotopic (exact) mass is 416 g/mol. The Hall–Kier alpha value is -3.54. The number of rotatable bonds is 4. The molecule has 6 heteroatoms. The van der Waals surface area contributed by atoms with Crippen molar-refractivity contribution >= 4 is 11.7 Å². The summed E-state index contributed by atoms with van der Waals surface area (Å²) < 4.78 is 16.8. The molecule has 3 aromatic rings. The predicted octanol–water partition coefficient (Wildman–Crippen LogP) is 4.96. The van der Waals surface area contributed by atoms with Crippen molar-refractivity contribution in [3.63, 3.8) is 0 Å². The van der Waals surface area contributed by atoms with Crippen LogP contribution in [0.1, 0.15) is 47.1 Å². The Balaban J connectivity index is 1.67. The molecule has 2 heterocycles. The van der Waals surface area contributed by atoms with Gasteiger partial charge in [0.2, 0.25) is 5.88 Å². The van der Waals surface area contributed by atoms with E-state index in [9.17, 15) is 4.79 Å². The first-order chi connectivity index (χ1) is 15.1. The Labute approximate surface area is 180 Å². The molecule has 1 aliphatic carbocycles. The first-order valence-electron chi connectivity index (χ1n) is 10.4. The van der Waals surface area contributed by atoms with Gasteiger partial charge in [0.1, 0.15) is 11.5 Å². The molecule has 1 N–H and O–H groups in total. The fourth-order valence-corrected chi connectivity index (χ4v) is 4.81. The summed E-state index contributed by atoms with van der Waals surface area (Å²) in [6, 6.07) is 15.9. The highest BCUT2D eigenvalue weighted by Crippen LogP contribution is 2.51. The van der Waals surface area contributed by atoms with E-state index < -0.39 is 0 Å². The Bertz CT molecular complexity index is 1180. The van der Waals surface area contributed by atoms with Crippen LogP contribution in [0.2, 0.25) is 0 Å². The number of nitrogens with one attached hydrogen (secondary N) is 1. The number of ether oxygens (including phenoxy) is 2. The van der Waals surface area contributed by atoms with Crippen LogP contribution in [0.5, 0.6) is 11.5 Å². The molecule has 2 atom stereocenters. The molecule has 6 nitrogen and oxygen atoms in total. The molecule has 5 rings (SSSR count). The van der Waals surface area contributed by atoms with Gasteiger partial charge in [0.05, 0.1) is 31.4 Å². The molecule has 0 bridgehead atoms. The number of ketones is 1. The number of carbonyl (C=O) groups excluding carboxylic acids is 1. The molecule has 1 aliphatic heterocycles. The molecule has 31 heavy (non-hydrogen) atoms. The summed E-state index contributed by atoms with van der Waals surface area (Å²) in [7, 11) is 3.27. The summed E-state index contributed by atoms with van der Waals surface area (Å²) in [5.74, 6) is 1.92. The van der Waals surface area contributed by atoms with Crippen molar-refractivity contribution < 1.29 is 18.8 Å². The van der Waals surface area contributed by atoms with Crippen LogP contribution in [0.25, 0.3) is 0 Å². The first kappa shape index (κ1) is 19.4. The number of hydrogen-bond donors (Lipinski definition) is 1. The van der Waals surface area contributed by atoms with E-state index in [0.29, 0.717) is 23.8 Å². The zero-order chi connectivity index (χ0) is 21.5. The molecule has 0 radical (unpaired) electrons. The number of carbonyl (C=O) groups is 1. The van der Waals surface area contributed by atoms with E-state index in [0.717, 1.165) is 34.5 Å². The maximum atomic E-state index is 13.6. The van der Waals surface area contributed by atoms with Crippen molar-refractivity contribution in [2.24, 2.45) is 0 Å². The third kappa shape index (κ3) is 3.19. The number of Topliss-reactive ketones (excluding diaryl/α,β-unsaturated/α-hetero) is 1. The lowest BCUT2D eigenvalue weighted by Gasteiger charge is -2.35. The summed E-state index contributed by atoms with van der Waals surface area (Å²) in [5, 5.41) is 7.56. The SMILES string of the molecule is COc1ccc(OC)c(C2C3=C(CC(c4ccccc4)CC3=O)Nc3onc(C)c32)c1. The lowest BCUT2D eigenvalue weighted by molar-refractivity contribution is -0.116. The Morgan fingerprint density at radius 2 is 1.87 bits per heavy atom. The number of allylic oxidation sites excluding steroid dienone is 2. The van der Waals surface area contributed by atoms with Crippen LogP contribution in [-0.2, 0) is 4.79 Å². The van der Waals surface area contributed by atoms with Crippen LogP contribution < -0.4 is 14.8 Å². The van der Waals surface area contributed by atoms with E-state index in [1.54, 1.807) is 14.2 Å². The van der Waals surface area contributed by atoms with Crippen LogP contribution in [-0.4, -0.2) is 25.2 Å². The Kier molecular flexibility index (Phi) is 4.77. The van der Waals surface area contributed by atoms with Crippen LogP contribution in [0.3, 0.4) is 0 Å². The van der Waals surface area contributed by atoms with Crippen LogP contribution >= 0.6 is 0 Å². The summed E-state index contributed by atoms with van der Waals surface area (Å²) in [5.41, 5.74) is 5.31. The molecule has 2 unspecified atom stereocenters. The Morgan fingerprint density at radius 3 is 2.61 bits per heavy atom. The molecule has 2 aliphatic rings. The molecule has 1 aromatic heterocycles. The second-order valence-corrected chi connectivity index (χ2v) is 8.01. The van der Waals surface area contributed by atoms with Crippen LogP contribution in [0.15, 0.2) is 64.3 Å². The van der Waals surface area contributed by atoms with E-state index in [-0.39, 0.29) is 17.6 Å². The van der Waals surface area contributed by atoms with Crippen LogP contribution in [0.4, 0.5) is 5.88 Å². The zero-order valence-electron chi connectivity index (χ0n) is 17.8. The minimum Gasteiger partial charge on any atom is -0.497 e. The smallest absolute Gasteiger partial charge is 0.233 e. The van der Waals surface area contributed by atoms with Gasteiger partial charge in [0, 0.05) is 23.3 Å². The molecular weight excluding hydrogens is 392 g/mol. The summed E-state index contributed by atoms with van der Waals surface area (Å²) >= 11 is 0. The van der Waals surface area contributed by atoms with Crippen molar-refractivity contribution in [2.75, 3.05) is 19.5 Å². The van der Waals surface area contributed by atoms with Gasteiger partial charge in [-0.05, 0) is 43.0 Å². The van der Waals surface area contributed by atoms with Crippen molar-refractivity contribution in [3.05, 3.63) is 82.2 Å². The van der Waals surface area contributed by atoms with Crippen LogP contribution in [0, 0.1) is 6.92 Å². The van der Waals surface area contributed by atoms with Gasteiger partial charge in [-0.25, -0.2) is 0 Å². The fraction of sp³-hybridized carbons (Fsp3) is 0.280. The van der Waals surface area contributed by atoms with Gasteiger partial charge >= 0.3 is 0 Å². The van der Waals surface area contributed by atoms with Crippen molar-refractivity contribution in [1.82, 2.24) is 5.16 Å². The number of methoxy groups -OCH3 is 2. The van der Waals surface area contributed by atoms with E-state index in [1.165, 1.54) is 5.56 Å². The zero-order valence-corrected chi connectivity index (χ0v) is 17.8. The minimum absolute atomic E-state index is 0.123. The first-order valence-corrected chi connectivity index (χ1v) is 10.4. The quantitative estimate of drug-likeness (QED) is 0.648. The maximum absolute atomic E-state index is 13.6. The molecule has 158 valence electrons. The number of anilines is 1. The summed E-state index contributed by atoms with van der Waals surface area (Å²) in [6.45, 7) is 1.90. The summed E-state index contributed by atoms with van der Waals surface area (Å²) in [4.78, 5) is 13.6. The van der Waals surface area contributed by atoms with Gasteiger partial charge < -0.3 is 19.3 Å². The van der Waals surface area contributed by atoms with E-state index in [4.69, 9.17) is 14.0 Å². The van der Waals surface area contributed by atoms with Gasteiger partial charge in [-0.2, -0.15) is 0 Å². The molecule has 2 aromatic carbocycles. The third-order valence-corrected chi connectivity index (χ3v) is 6.28. The van der Waals surface area contributed by atoms with Crippen molar-refractivity contribution in [2.45, 2.75) is 31.6 Å². The van der Waals surface area contributed by atoms with Crippen molar-refractivity contribution in [3.8, 4) is 11.5 Å². The number of hydrogen-bond acceptors (Lipinski definition) is 6. The van der Waals surface area contributed by atoms with Crippen molar-refractivity contribution in [1.29, 1.82) is 0 Å². The lowest BCUT2D eigenvalue weighted by Crippen LogP contribution is -2.29. The van der Waals surface area contributed by atoms with Gasteiger partial charge in [-0.15, -0.1) is 0 Å². The van der Waals surface area contributed by atoms with E-state index in [1.807, 2.05) is 43.3 Å². The second-order valence-electron chi connectivity index (χ2n) is 8.01. The van der Waals surface area contributed by atoms with E-state index in [2.05, 4.69) is 22.6 Å². The Morgan fingerprint density at radius 1 is 1.06 bits per heavy atom. The molecule has 0 saturated carbocycles. The van der Waals surface area contributed by atoms with Gasteiger partial charge in [0.25, 0.3) is 0 Å². The fourth-order valence-electron chi connectivity index (χ4n) is 4.81. The number of benzene rings is 2. The number of fused-ring (bicyclic) bond motifs is 1. The second kappa shape index (κ2) is 7.61. The van der Waals surface area contributed by atoms with Gasteiger partial charge in [-0.1, -0.05) is 35.5 Å². The topological polar surface area (TPSA) is 73.6 Å². The minimum atomic E-state index is -0.327. The summed E-state index contributed by atoms with van der Waals surface area (Å²) in [6.07, 6.45) is 1.19. The third-order valence-electron chi connectivity index (χ3n) is 6.28. The number of aryl methyl sites for hydroxylation is 1. The highest BCUT2D eigenvalue weighted by molar-refractivity contribution is 6.01.